The van der Waals surface area contributed by atoms with Crippen molar-refractivity contribution >= 4 is 27.2 Å². The summed E-state index contributed by atoms with van der Waals surface area (Å²) in [7, 11) is -9.28. The predicted molar refractivity (Wildman–Crippen MR) is 85.1 cm³/mol. The second-order valence-corrected chi connectivity index (χ2v) is 7.49. The first-order valence-corrected chi connectivity index (χ1v) is 9.94. The van der Waals surface area contributed by atoms with Crippen LogP contribution in [0.4, 0.5) is 4.39 Å². The van der Waals surface area contributed by atoms with Crippen molar-refractivity contribution in [2.45, 2.75) is 30.5 Å². The molecule has 0 aromatic carbocycles. The summed E-state index contributed by atoms with van der Waals surface area (Å²) in [5, 5.41) is 6.86. The number of hydrogen-bond donors (Lipinski definition) is 8. The summed E-state index contributed by atoms with van der Waals surface area (Å²) < 4.78 is 37.7. The standard InChI is InChI=1S/C9H10ClFN2O4.2H3O4P/c1-4-6(15)9(10,11)7(17-4)13-3-2-5(14)12-8(13)16;2*1-5(2,3)4/h2-4,6-7,15H,1H3,(H,12,14,16);2*(H3,1,2,3,4)/t4-,6-,7-,9-;;/m1../s1. The van der Waals surface area contributed by atoms with Gasteiger partial charge in [0, 0.05) is 12.3 Å². The number of halogens is 2. The SMILES string of the molecule is C[C@H]1O[C@@H](n2ccc(=O)[nH]c2=O)[C@@](F)(Cl)[C@@H]1O.O=P(O)(O)O.O=P(O)(O)O. The Morgan fingerprint density at radius 3 is 1.89 bits per heavy atom. The van der Waals surface area contributed by atoms with E-state index < -0.39 is 50.5 Å². The molecule has 0 radical (unpaired) electrons. The Morgan fingerprint density at radius 2 is 1.59 bits per heavy atom. The predicted octanol–water partition coefficient (Wildman–Crippen LogP) is -2.14. The van der Waals surface area contributed by atoms with Crippen molar-refractivity contribution in [2.75, 3.05) is 0 Å². The van der Waals surface area contributed by atoms with Crippen LogP contribution < -0.4 is 11.2 Å². The number of nitrogens with zero attached hydrogens (tertiary/aromatic N) is 1. The maximum Gasteiger partial charge on any atom is 0.466 e. The number of nitrogens with one attached hydrogen (secondary N) is 1. The molecular formula is C9H16ClFN2O12P2. The lowest BCUT2D eigenvalue weighted by Crippen LogP contribution is -2.41. The topological polar surface area (TPSA) is 240 Å². The van der Waals surface area contributed by atoms with Crippen molar-refractivity contribution in [3.8, 4) is 0 Å². The van der Waals surface area contributed by atoms with Crippen LogP contribution in [-0.4, -0.2) is 61.4 Å². The molecule has 1 aliphatic heterocycles. The van der Waals surface area contributed by atoms with E-state index in [4.69, 9.17) is 54.8 Å². The molecule has 4 atom stereocenters. The lowest BCUT2D eigenvalue weighted by atomic mass is 10.1. The van der Waals surface area contributed by atoms with Gasteiger partial charge in [-0.25, -0.2) is 18.3 Å². The van der Waals surface area contributed by atoms with Crippen molar-refractivity contribution in [2.24, 2.45) is 0 Å². The van der Waals surface area contributed by atoms with Gasteiger partial charge in [-0.15, -0.1) is 0 Å². The molecule has 0 saturated carbocycles. The summed E-state index contributed by atoms with van der Waals surface area (Å²) in [6.45, 7) is 1.43. The van der Waals surface area contributed by atoms with Gasteiger partial charge >= 0.3 is 21.3 Å². The second kappa shape index (κ2) is 9.49. The van der Waals surface area contributed by atoms with E-state index in [9.17, 15) is 19.1 Å². The van der Waals surface area contributed by atoms with E-state index in [1.165, 1.54) is 6.92 Å². The Hall–Kier alpha value is -0.960. The molecule has 2 rings (SSSR count). The Bertz CT molecular complexity index is 794. The van der Waals surface area contributed by atoms with E-state index in [1.807, 2.05) is 4.98 Å². The van der Waals surface area contributed by atoms with Crippen LogP contribution >= 0.6 is 27.2 Å². The maximum atomic E-state index is 14.0. The van der Waals surface area contributed by atoms with Crippen molar-refractivity contribution in [1.29, 1.82) is 0 Å². The minimum absolute atomic E-state index is 0.614. The number of ether oxygens (including phenoxy) is 1. The number of rotatable bonds is 1. The first kappa shape index (κ1) is 26.0. The van der Waals surface area contributed by atoms with E-state index in [0.717, 1.165) is 16.8 Å². The van der Waals surface area contributed by atoms with Crippen molar-refractivity contribution < 1.29 is 52.7 Å². The fourth-order valence-corrected chi connectivity index (χ4v) is 2.02. The number of aromatic nitrogens is 2. The third-order valence-electron chi connectivity index (χ3n) is 2.62. The minimum Gasteiger partial charge on any atom is -0.386 e. The number of alkyl halides is 2. The first-order valence-electron chi connectivity index (χ1n) is 6.43. The number of aliphatic hydroxyl groups excluding tert-OH is 1. The summed E-state index contributed by atoms with van der Waals surface area (Å²) >= 11 is 5.53. The normalized spacial score (nSPS) is 27.9. The average Bonchev–Trinajstić information content (AvgIpc) is 2.59. The largest absolute Gasteiger partial charge is 0.466 e. The smallest absolute Gasteiger partial charge is 0.386 e. The lowest BCUT2D eigenvalue weighted by molar-refractivity contribution is -0.0257. The van der Waals surface area contributed by atoms with Gasteiger partial charge < -0.3 is 39.2 Å². The summed E-state index contributed by atoms with van der Waals surface area (Å²) in [4.78, 5) is 67.4. The van der Waals surface area contributed by atoms with Crippen LogP contribution in [-0.2, 0) is 13.9 Å². The highest BCUT2D eigenvalue weighted by atomic mass is 35.5. The van der Waals surface area contributed by atoms with E-state index in [-0.39, 0.29) is 0 Å². The highest BCUT2D eigenvalue weighted by Crippen LogP contribution is 2.43. The van der Waals surface area contributed by atoms with Gasteiger partial charge in [-0.1, -0.05) is 11.6 Å². The van der Waals surface area contributed by atoms with Crippen molar-refractivity contribution in [3.63, 3.8) is 0 Å². The molecule has 158 valence electrons. The molecule has 1 aromatic rings. The van der Waals surface area contributed by atoms with Gasteiger partial charge in [0.05, 0.1) is 6.10 Å². The fourth-order valence-electron chi connectivity index (χ4n) is 1.69. The minimum atomic E-state index is -4.64. The van der Waals surface area contributed by atoms with Crippen LogP contribution in [0.1, 0.15) is 13.2 Å². The van der Waals surface area contributed by atoms with Crippen LogP contribution in [0, 0.1) is 0 Å². The number of aliphatic hydroxyl groups is 1. The molecule has 1 aromatic heterocycles. The molecule has 0 aliphatic carbocycles. The highest BCUT2D eigenvalue weighted by Gasteiger charge is 2.56. The Balaban J connectivity index is 0.000000563. The van der Waals surface area contributed by atoms with E-state index in [0.29, 0.717) is 0 Å². The van der Waals surface area contributed by atoms with Gasteiger partial charge in [0.25, 0.3) is 10.7 Å². The Kier molecular flexibility index (Phi) is 9.16. The van der Waals surface area contributed by atoms with Crippen LogP contribution in [0.5, 0.6) is 0 Å². The Morgan fingerprint density at radius 1 is 1.19 bits per heavy atom. The molecule has 1 saturated heterocycles. The van der Waals surface area contributed by atoms with Gasteiger partial charge in [0.15, 0.2) is 6.23 Å². The summed E-state index contributed by atoms with van der Waals surface area (Å²) in [6, 6.07) is 1.03. The quantitative estimate of drug-likeness (QED) is 0.165. The van der Waals surface area contributed by atoms with E-state index >= 15 is 0 Å². The summed E-state index contributed by atoms with van der Waals surface area (Å²) in [5.74, 6) is 0. The molecule has 1 aliphatic rings. The highest BCUT2D eigenvalue weighted by molar-refractivity contribution is 7.45. The molecule has 27 heavy (non-hydrogen) atoms. The monoisotopic (exact) mass is 460 g/mol. The molecule has 18 heteroatoms. The molecule has 8 N–H and O–H groups in total. The van der Waals surface area contributed by atoms with Crippen molar-refractivity contribution in [1.82, 2.24) is 9.55 Å². The first-order chi connectivity index (χ1) is 11.8. The third kappa shape index (κ3) is 10.2. The molecule has 1 fully saturated rings. The van der Waals surface area contributed by atoms with Crippen LogP contribution in [0.15, 0.2) is 21.9 Å². The molecule has 0 amide bonds. The van der Waals surface area contributed by atoms with Crippen molar-refractivity contribution in [3.05, 3.63) is 33.1 Å². The maximum absolute atomic E-state index is 14.0. The molecule has 14 nitrogen and oxygen atoms in total. The van der Waals surface area contributed by atoms with Crippen LogP contribution in [0.25, 0.3) is 0 Å². The summed E-state index contributed by atoms with van der Waals surface area (Å²) in [5.41, 5.74) is -1.47. The number of phosphoric acid groups is 2. The van der Waals surface area contributed by atoms with Gasteiger partial charge in [0.2, 0.25) is 0 Å². The zero-order valence-electron chi connectivity index (χ0n) is 13.2. The number of aromatic amines is 1. The van der Waals surface area contributed by atoms with E-state index in [2.05, 4.69) is 0 Å². The van der Waals surface area contributed by atoms with Gasteiger partial charge in [-0.05, 0) is 6.92 Å². The van der Waals surface area contributed by atoms with Crippen LogP contribution in [0.2, 0.25) is 0 Å². The zero-order valence-corrected chi connectivity index (χ0v) is 15.7. The third-order valence-corrected chi connectivity index (χ3v) is 3.03. The number of hydrogen-bond acceptors (Lipinski definition) is 6. The van der Waals surface area contributed by atoms with Gasteiger partial charge in [0.1, 0.15) is 6.10 Å². The molecule has 0 spiro atoms. The fraction of sp³-hybridized carbons (Fsp3) is 0.556. The Labute approximate surface area is 153 Å². The zero-order chi connectivity index (χ0) is 21.8. The average molecular weight is 461 g/mol. The molecule has 0 unspecified atom stereocenters. The lowest BCUT2D eigenvalue weighted by Gasteiger charge is -2.22. The number of H-pyrrole nitrogens is 1. The molecule has 2 heterocycles. The van der Waals surface area contributed by atoms with Gasteiger partial charge in [-0.2, -0.15) is 0 Å². The molecular weight excluding hydrogens is 445 g/mol. The summed E-state index contributed by atoms with van der Waals surface area (Å²) in [6.07, 6.45) is -2.85. The molecule has 0 bridgehead atoms. The van der Waals surface area contributed by atoms with Crippen LogP contribution in [0.3, 0.4) is 0 Å². The van der Waals surface area contributed by atoms with E-state index in [1.54, 1.807) is 0 Å². The second-order valence-electron chi connectivity index (χ2n) is 4.86. The van der Waals surface area contributed by atoms with Gasteiger partial charge in [-0.3, -0.25) is 14.3 Å².